The molecule has 1 atom stereocenters. The fraction of sp³-hybridized carbons (Fsp3) is 0.121. The SMILES string of the molecule is C=CCn1c(C)c(/C=c2/sc3n(c2=O)[C@H](c2ccc(F)cc2)C(C(=O)Nc2ccccc2)=C(C)N=3)c2ccccc21. The highest BCUT2D eigenvalue weighted by Crippen LogP contribution is 2.31. The van der Waals surface area contributed by atoms with Crippen molar-refractivity contribution in [2.45, 2.75) is 26.4 Å². The van der Waals surface area contributed by atoms with Crippen molar-refractivity contribution in [2.75, 3.05) is 5.32 Å². The molecule has 41 heavy (non-hydrogen) atoms. The highest BCUT2D eigenvalue weighted by molar-refractivity contribution is 7.07. The molecule has 8 heteroatoms. The molecule has 3 heterocycles. The van der Waals surface area contributed by atoms with Crippen molar-refractivity contribution in [3.05, 3.63) is 145 Å². The minimum Gasteiger partial charge on any atom is -0.340 e. The molecule has 0 saturated carbocycles. The first-order valence-corrected chi connectivity index (χ1v) is 14.0. The summed E-state index contributed by atoms with van der Waals surface area (Å²) in [6.45, 7) is 8.34. The Labute approximate surface area is 239 Å². The molecule has 0 aliphatic carbocycles. The maximum Gasteiger partial charge on any atom is 0.271 e. The number of fused-ring (bicyclic) bond motifs is 2. The maximum absolute atomic E-state index is 14.1. The van der Waals surface area contributed by atoms with Crippen molar-refractivity contribution in [3.8, 4) is 0 Å². The van der Waals surface area contributed by atoms with E-state index < -0.39 is 11.9 Å². The van der Waals surface area contributed by atoms with E-state index in [1.807, 2.05) is 55.5 Å². The Morgan fingerprint density at radius 2 is 1.76 bits per heavy atom. The number of para-hydroxylation sites is 2. The predicted molar refractivity (Wildman–Crippen MR) is 162 cm³/mol. The quantitative estimate of drug-likeness (QED) is 0.279. The lowest BCUT2D eigenvalue weighted by molar-refractivity contribution is -0.113. The molecule has 6 nitrogen and oxygen atoms in total. The van der Waals surface area contributed by atoms with Gasteiger partial charge < -0.3 is 9.88 Å². The molecule has 2 aromatic heterocycles. The summed E-state index contributed by atoms with van der Waals surface area (Å²) in [5, 5.41) is 3.97. The summed E-state index contributed by atoms with van der Waals surface area (Å²) in [6, 6.07) is 22.3. The summed E-state index contributed by atoms with van der Waals surface area (Å²) in [7, 11) is 0. The largest absolute Gasteiger partial charge is 0.340 e. The molecule has 1 N–H and O–H groups in total. The molecule has 3 aromatic carbocycles. The van der Waals surface area contributed by atoms with Crippen molar-refractivity contribution in [1.29, 1.82) is 0 Å². The second kappa shape index (κ2) is 10.6. The molecule has 0 saturated heterocycles. The maximum atomic E-state index is 14.1. The van der Waals surface area contributed by atoms with Crippen LogP contribution in [0.5, 0.6) is 0 Å². The van der Waals surface area contributed by atoms with Gasteiger partial charge in [0.2, 0.25) is 0 Å². The predicted octanol–water partition coefficient (Wildman–Crippen LogP) is 5.46. The van der Waals surface area contributed by atoms with Gasteiger partial charge in [0, 0.05) is 34.4 Å². The lowest BCUT2D eigenvalue weighted by atomic mass is 9.95. The van der Waals surface area contributed by atoms with E-state index in [2.05, 4.69) is 22.5 Å². The first-order valence-electron chi connectivity index (χ1n) is 13.2. The second-order valence-electron chi connectivity index (χ2n) is 9.87. The van der Waals surface area contributed by atoms with Crippen LogP contribution in [0.25, 0.3) is 17.0 Å². The number of aromatic nitrogens is 2. The van der Waals surface area contributed by atoms with Gasteiger partial charge in [-0.1, -0.05) is 65.9 Å². The molecule has 0 spiro atoms. The van der Waals surface area contributed by atoms with E-state index in [4.69, 9.17) is 4.99 Å². The highest BCUT2D eigenvalue weighted by Gasteiger charge is 2.32. The zero-order valence-corrected chi connectivity index (χ0v) is 23.4. The number of thiazole rings is 1. The molecule has 0 fully saturated rings. The lowest BCUT2D eigenvalue weighted by Gasteiger charge is -2.25. The number of nitrogens with one attached hydrogen (secondary N) is 1. The van der Waals surface area contributed by atoms with E-state index >= 15 is 0 Å². The third kappa shape index (κ3) is 4.66. The number of allylic oxidation sites excluding steroid dienone is 2. The van der Waals surface area contributed by atoms with Crippen LogP contribution < -0.4 is 20.2 Å². The number of benzene rings is 3. The number of halogens is 1. The van der Waals surface area contributed by atoms with E-state index in [1.165, 1.54) is 23.5 Å². The number of nitrogens with zero attached hydrogens (tertiary/aromatic N) is 3. The Morgan fingerprint density at radius 1 is 1.05 bits per heavy atom. The van der Waals surface area contributed by atoms with Gasteiger partial charge in [-0.05, 0) is 55.8 Å². The third-order valence-electron chi connectivity index (χ3n) is 7.35. The van der Waals surface area contributed by atoms with Gasteiger partial charge in [0.25, 0.3) is 11.5 Å². The Bertz CT molecular complexity index is 2030. The number of hydrogen-bond donors (Lipinski definition) is 1. The first-order chi connectivity index (χ1) is 19.9. The highest BCUT2D eigenvalue weighted by atomic mass is 32.1. The van der Waals surface area contributed by atoms with E-state index in [0.717, 1.165) is 22.2 Å². The average molecular weight is 563 g/mol. The number of carbonyl (C=O) groups is 1. The van der Waals surface area contributed by atoms with Gasteiger partial charge in [0.05, 0.1) is 21.8 Å². The summed E-state index contributed by atoms with van der Waals surface area (Å²) in [4.78, 5) is 33.0. The lowest BCUT2D eigenvalue weighted by Crippen LogP contribution is -2.40. The molecule has 1 aliphatic rings. The molecule has 5 aromatic rings. The summed E-state index contributed by atoms with van der Waals surface area (Å²) in [6.07, 6.45) is 3.76. The van der Waals surface area contributed by atoms with Gasteiger partial charge >= 0.3 is 0 Å². The van der Waals surface area contributed by atoms with E-state index in [-0.39, 0.29) is 11.5 Å². The van der Waals surface area contributed by atoms with Gasteiger partial charge in [-0.15, -0.1) is 6.58 Å². The van der Waals surface area contributed by atoms with Gasteiger partial charge in [0.15, 0.2) is 4.80 Å². The van der Waals surface area contributed by atoms with Gasteiger partial charge in [-0.25, -0.2) is 9.38 Å². The molecular formula is C33H27FN4O2S. The molecule has 0 unspecified atom stereocenters. The first kappa shape index (κ1) is 26.4. The molecule has 204 valence electrons. The summed E-state index contributed by atoms with van der Waals surface area (Å²) in [5.74, 6) is -0.770. The summed E-state index contributed by atoms with van der Waals surface area (Å²) < 4.78 is 18.1. The Kier molecular flexibility index (Phi) is 6.85. The van der Waals surface area contributed by atoms with E-state index in [1.54, 1.807) is 35.8 Å². The Morgan fingerprint density at radius 3 is 2.49 bits per heavy atom. The van der Waals surface area contributed by atoms with Crippen molar-refractivity contribution in [1.82, 2.24) is 9.13 Å². The van der Waals surface area contributed by atoms with Crippen LogP contribution in [0.1, 0.15) is 29.8 Å². The number of amides is 1. The van der Waals surface area contributed by atoms with Gasteiger partial charge in [-0.2, -0.15) is 0 Å². The summed E-state index contributed by atoms with van der Waals surface area (Å²) in [5.41, 5.74) is 4.83. The van der Waals surface area contributed by atoms with Crippen molar-refractivity contribution in [2.24, 2.45) is 4.99 Å². The Hall–Kier alpha value is -4.82. The second-order valence-corrected chi connectivity index (χ2v) is 10.9. The summed E-state index contributed by atoms with van der Waals surface area (Å²) >= 11 is 1.28. The molecule has 0 radical (unpaired) electrons. The number of hydrogen-bond acceptors (Lipinski definition) is 4. The van der Waals surface area contributed by atoms with Crippen molar-refractivity contribution in [3.63, 3.8) is 0 Å². The minimum atomic E-state index is -0.777. The van der Waals surface area contributed by atoms with Crippen molar-refractivity contribution >= 4 is 39.9 Å². The van der Waals surface area contributed by atoms with Crippen LogP contribution in [0.2, 0.25) is 0 Å². The molecule has 1 aliphatic heterocycles. The zero-order valence-electron chi connectivity index (χ0n) is 22.6. The normalized spacial score (nSPS) is 15.1. The zero-order chi connectivity index (χ0) is 28.7. The van der Waals surface area contributed by atoms with Crippen LogP contribution in [0.15, 0.2) is 113 Å². The molecule has 1 amide bonds. The fourth-order valence-corrected chi connectivity index (χ4v) is 6.46. The minimum absolute atomic E-state index is 0.263. The van der Waals surface area contributed by atoms with Crippen LogP contribution in [-0.2, 0) is 11.3 Å². The number of rotatable bonds is 6. The molecule has 0 bridgehead atoms. The third-order valence-corrected chi connectivity index (χ3v) is 8.33. The van der Waals surface area contributed by atoms with Crippen LogP contribution >= 0.6 is 11.3 Å². The topological polar surface area (TPSA) is 68.4 Å². The molecular weight excluding hydrogens is 535 g/mol. The standard InChI is InChI=1S/C33H27FN4O2S/c1-4-18-37-21(3)26(25-12-8-9-13-27(25)37)19-28-32(40)38-30(22-14-16-23(34)17-15-22)29(20(2)35-33(38)41-28)31(39)36-24-10-6-5-7-11-24/h4-17,19,30H,1,18H2,2-3H3,(H,36,39)/b28-19+/t30-/m1/s1. The van der Waals surface area contributed by atoms with Gasteiger partial charge in [0.1, 0.15) is 5.82 Å². The monoisotopic (exact) mass is 562 g/mol. The van der Waals surface area contributed by atoms with Gasteiger partial charge in [-0.3, -0.25) is 14.2 Å². The molecule has 6 rings (SSSR count). The number of anilines is 1. The Balaban J connectivity index is 1.55. The van der Waals surface area contributed by atoms with Crippen LogP contribution in [-0.4, -0.2) is 15.0 Å². The van der Waals surface area contributed by atoms with Crippen LogP contribution in [0.4, 0.5) is 10.1 Å². The smallest absolute Gasteiger partial charge is 0.271 e. The van der Waals surface area contributed by atoms with E-state index in [9.17, 15) is 14.0 Å². The average Bonchev–Trinajstić information content (AvgIpc) is 3.42. The fourth-order valence-electron chi connectivity index (χ4n) is 5.43. The van der Waals surface area contributed by atoms with Crippen LogP contribution in [0.3, 0.4) is 0 Å². The van der Waals surface area contributed by atoms with Crippen LogP contribution in [0, 0.1) is 12.7 Å². The number of carbonyl (C=O) groups excluding carboxylic acids is 1. The van der Waals surface area contributed by atoms with E-state index in [0.29, 0.717) is 38.4 Å². The van der Waals surface area contributed by atoms with Crippen molar-refractivity contribution < 1.29 is 9.18 Å².